The molecule has 0 radical (unpaired) electrons. The van der Waals surface area contributed by atoms with Crippen LogP contribution >= 0.6 is 12.2 Å². The lowest BCUT2D eigenvalue weighted by Gasteiger charge is -2.25. The number of primary amides is 1. The number of amides is 1. The van der Waals surface area contributed by atoms with Crippen LogP contribution in [0.4, 0.5) is 0 Å². The first-order chi connectivity index (χ1) is 12.0. The minimum Gasteiger partial charge on any atom is -0.481 e. The molecule has 0 spiro atoms. The molecule has 0 saturated heterocycles. The molecule has 0 heterocycles. The second-order valence-corrected chi connectivity index (χ2v) is 7.21. The number of carboxylic acid groups (broad SMARTS) is 1. The second-order valence-electron chi connectivity index (χ2n) is 6.63. The highest BCUT2D eigenvalue weighted by molar-refractivity contribution is 7.80. The van der Waals surface area contributed by atoms with E-state index in [2.05, 4.69) is 0 Å². The van der Waals surface area contributed by atoms with Crippen molar-refractivity contribution < 1.29 is 29.7 Å². The number of carbonyl (C=O) groups excluding carboxylic acids is 2. The number of aliphatic hydroxyl groups excluding tert-OH is 2. The minimum atomic E-state index is -1.14. The van der Waals surface area contributed by atoms with Crippen LogP contribution in [0, 0.1) is 11.8 Å². The van der Waals surface area contributed by atoms with Gasteiger partial charge in [-0.3, -0.25) is 19.3 Å². The van der Waals surface area contributed by atoms with Crippen LogP contribution in [-0.4, -0.2) is 81.6 Å². The normalized spacial score (nSPS) is 15.9. The standard InChI is InChI=1S/C16H29N3O6S/c1-9(21)15(18)13(22)7-19(2)6-10(4-14(17)23)3-12(26)5-11(8-20)16(24)25/h9-11,15,20-21H,3-8,18H2,1-2H3,(H2,17,23)(H,24,25)/t9?,10-,11-,15-/m1/s1. The predicted molar refractivity (Wildman–Crippen MR) is 99.5 cm³/mol. The maximum atomic E-state index is 11.9. The van der Waals surface area contributed by atoms with E-state index >= 15 is 0 Å². The Morgan fingerprint density at radius 1 is 1.19 bits per heavy atom. The third-order valence-electron chi connectivity index (χ3n) is 3.94. The van der Waals surface area contributed by atoms with E-state index in [1.165, 1.54) is 6.92 Å². The van der Waals surface area contributed by atoms with Crippen molar-refractivity contribution in [2.24, 2.45) is 23.3 Å². The molecule has 0 saturated carbocycles. The summed E-state index contributed by atoms with van der Waals surface area (Å²) in [5, 5.41) is 27.4. The number of thiocarbonyl (C=S) groups is 1. The first-order valence-electron chi connectivity index (χ1n) is 8.26. The molecule has 4 atom stereocenters. The van der Waals surface area contributed by atoms with Gasteiger partial charge in [-0.15, -0.1) is 0 Å². The van der Waals surface area contributed by atoms with Crippen molar-refractivity contribution in [3.8, 4) is 0 Å². The van der Waals surface area contributed by atoms with E-state index in [1.54, 1.807) is 11.9 Å². The summed E-state index contributed by atoms with van der Waals surface area (Å²) in [5.41, 5.74) is 10.9. The van der Waals surface area contributed by atoms with Gasteiger partial charge in [0, 0.05) is 13.0 Å². The lowest BCUT2D eigenvalue weighted by Crippen LogP contribution is -2.45. The summed E-state index contributed by atoms with van der Waals surface area (Å²) in [7, 11) is 1.66. The number of hydrogen-bond acceptors (Lipinski definition) is 8. The molecule has 0 fully saturated rings. The molecular formula is C16H29N3O6S. The number of ketones is 1. The van der Waals surface area contributed by atoms with Gasteiger partial charge >= 0.3 is 5.97 Å². The highest BCUT2D eigenvalue weighted by Gasteiger charge is 2.24. The third-order valence-corrected chi connectivity index (χ3v) is 4.27. The molecule has 1 unspecified atom stereocenters. The number of carboxylic acids is 1. The van der Waals surface area contributed by atoms with E-state index in [-0.39, 0.29) is 37.5 Å². The molecule has 0 aromatic heterocycles. The molecule has 9 nitrogen and oxygen atoms in total. The van der Waals surface area contributed by atoms with Gasteiger partial charge in [0.2, 0.25) is 5.91 Å². The summed E-state index contributed by atoms with van der Waals surface area (Å²) in [6.07, 6.45) is -0.649. The Hall–Kier alpha value is -1.46. The Kier molecular flexibility index (Phi) is 11.3. The van der Waals surface area contributed by atoms with Gasteiger partial charge in [0.1, 0.15) is 0 Å². The number of nitrogens with zero attached hydrogens (tertiary/aromatic N) is 1. The minimum absolute atomic E-state index is 0.0114. The number of aliphatic carboxylic acids is 1. The fourth-order valence-corrected chi connectivity index (χ4v) is 2.98. The molecule has 0 aromatic rings. The number of hydrogen-bond donors (Lipinski definition) is 5. The molecule has 0 aliphatic heterocycles. The molecular weight excluding hydrogens is 362 g/mol. The molecule has 10 heteroatoms. The van der Waals surface area contributed by atoms with Crippen molar-refractivity contribution >= 4 is 34.7 Å². The number of Topliss-reactive ketones (excluding diaryl/α,β-unsaturated/α-hetero) is 1. The van der Waals surface area contributed by atoms with Gasteiger partial charge in [0.25, 0.3) is 0 Å². The van der Waals surface area contributed by atoms with Gasteiger partial charge in [-0.25, -0.2) is 0 Å². The van der Waals surface area contributed by atoms with Crippen LogP contribution in [0.3, 0.4) is 0 Å². The molecule has 26 heavy (non-hydrogen) atoms. The van der Waals surface area contributed by atoms with E-state index < -0.39 is 36.5 Å². The smallest absolute Gasteiger partial charge is 0.309 e. The maximum Gasteiger partial charge on any atom is 0.309 e. The largest absolute Gasteiger partial charge is 0.481 e. The number of rotatable bonds is 14. The van der Waals surface area contributed by atoms with Crippen molar-refractivity contribution in [2.75, 3.05) is 26.7 Å². The van der Waals surface area contributed by atoms with Crippen LogP contribution in [0.15, 0.2) is 0 Å². The molecule has 1 amide bonds. The molecule has 0 aliphatic carbocycles. The van der Waals surface area contributed by atoms with Crippen molar-refractivity contribution in [3.05, 3.63) is 0 Å². The van der Waals surface area contributed by atoms with E-state index in [4.69, 9.17) is 33.9 Å². The van der Waals surface area contributed by atoms with Crippen molar-refractivity contribution in [2.45, 2.75) is 38.3 Å². The van der Waals surface area contributed by atoms with Gasteiger partial charge in [-0.05, 0) is 37.6 Å². The molecule has 0 bridgehead atoms. The first kappa shape index (κ1) is 24.5. The predicted octanol–water partition coefficient (Wildman–Crippen LogP) is -1.47. The van der Waals surface area contributed by atoms with E-state index in [1.807, 2.05) is 0 Å². The van der Waals surface area contributed by atoms with Crippen molar-refractivity contribution in [1.82, 2.24) is 4.90 Å². The highest BCUT2D eigenvalue weighted by Crippen LogP contribution is 2.16. The fraction of sp³-hybridized carbons (Fsp3) is 0.750. The average molecular weight is 391 g/mol. The Morgan fingerprint density at radius 3 is 2.19 bits per heavy atom. The number of nitrogens with two attached hydrogens (primary N) is 2. The Labute approximate surface area is 158 Å². The quantitative estimate of drug-likeness (QED) is 0.222. The van der Waals surface area contributed by atoms with Crippen LogP contribution in [0.25, 0.3) is 0 Å². The van der Waals surface area contributed by atoms with Crippen molar-refractivity contribution in [3.63, 3.8) is 0 Å². The van der Waals surface area contributed by atoms with Crippen LogP contribution in [-0.2, 0) is 14.4 Å². The summed E-state index contributed by atoms with van der Waals surface area (Å²) in [6, 6.07) is -0.992. The number of likely N-dealkylation sites (N-methyl/N-ethyl adjacent to an activating group) is 1. The third kappa shape index (κ3) is 9.88. The van der Waals surface area contributed by atoms with Crippen LogP contribution in [0.2, 0.25) is 0 Å². The average Bonchev–Trinajstić information content (AvgIpc) is 2.50. The van der Waals surface area contributed by atoms with E-state index in [0.29, 0.717) is 11.4 Å². The zero-order valence-corrected chi connectivity index (χ0v) is 15.9. The Balaban J connectivity index is 4.78. The van der Waals surface area contributed by atoms with Gasteiger partial charge in [-0.1, -0.05) is 12.2 Å². The summed E-state index contributed by atoms with van der Waals surface area (Å²) in [6.45, 7) is 1.21. The van der Waals surface area contributed by atoms with Crippen LogP contribution in [0.1, 0.15) is 26.2 Å². The van der Waals surface area contributed by atoms with Gasteiger partial charge in [-0.2, -0.15) is 0 Å². The van der Waals surface area contributed by atoms with Crippen molar-refractivity contribution in [1.29, 1.82) is 0 Å². The zero-order valence-electron chi connectivity index (χ0n) is 15.1. The molecule has 0 rings (SSSR count). The Bertz CT molecular complexity index is 514. The van der Waals surface area contributed by atoms with E-state index in [9.17, 15) is 19.5 Å². The summed E-state index contributed by atoms with van der Waals surface area (Å²) < 4.78 is 0. The molecule has 0 aromatic carbocycles. The summed E-state index contributed by atoms with van der Waals surface area (Å²) >= 11 is 5.20. The molecule has 150 valence electrons. The van der Waals surface area contributed by atoms with Crippen LogP contribution in [0.5, 0.6) is 0 Å². The topological polar surface area (TPSA) is 167 Å². The zero-order chi connectivity index (χ0) is 20.4. The SMILES string of the molecule is CC(O)[C@@H](N)C(=O)CN(C)C[C@@H](CC(N)=O)CC(=S)C[C@H](CO)C(=O)O. The lowest BCUT2D eigenvalue weighted by atomic mass is 9.93. The summed E-state index contributed by atoms with van der Waals surface area (Å²) in [5.74, 6) is -3.30. The molecule has 0 aliphatic rings. The Morgan fingerprint density at radius 2 is 1.77 bits per heavy atom. The maximum absolute atomic E-state index is 11.9. The number of carbonyl (C=O) groups is 3. The van der Waals surface area contributed by atoms with Crippen LogP contribution < -0.4 is 11.5 Å². The van der Waals surface area contributed by atoms with Gasteiger partial charge < -0.3 is 26.8 Å². The molecule has 7 N–H and O–H groups in total. The summed E-state index contributed by atoms with van der Waals surface area (Å²) in [4.78, 5) is 36.3. The second kappa shape index (κ2) is 12.0. The first-order valence-corrected chi connectivity index (χ1v) is 8.67. The number of aliphatic hydroxyl groups is 2. The van der Waals surface area contributed by atoms with Gasteiger partial charge in [0.05, 0.1) is 31.2 Å². The lowest BCUT2D eigenvalue weighted by molar-refractivity contribution is -0.142. The van der Waals surface area contributed by atoms with E-state index in [0.717, 1.165) is 0 Å². The highest BCUT2D eigenvalue weighted by atomic mass is 32.1. The van der Waals surface area contributed by atoms with Gasteiger partial charge in [0.15, 0.2) is 5.78 Å². The monoisotopic (exact) mass is 391 g/mol. The fourth-order valence-electron chi connectivity index (χ4n) is 2.54.